The summed E-state index contributed by atoms with van der Waals surface area (Å²) in [6.45, 7) is 7.41. The molecule has 0 aliphatic carbocycles. The summed E-state index contributed by atoms with van der Waals surface area (Å²) in [5, 5.41) is 21.0. The number of para-hydroxylation sites is 2. The van der Waals surface area contributed by atoms with Gasteiger partial charge in [-0.05, 0) is 78.4 Å². The van der Waals surface area contributed by atoms with Crippen molar-refractivity contribution >= 4 is 51.2 Å². The van der Waals surface area contributed by atoms with E-state index in [0.29, 0.717) is 22.5 Å². The molecule has 10 rings (SSSR count). The van der Waals surface area contributed by atoms with E-state index in [1.54, 1.807) is 66.7 Å². The van der Waals surface area contributed by atoms with Crippen molar-refractivity contribution in [3.63, 3.8) is 0 Å². The van der Waals surface area contributed by atoms with E-state index in [1.807, 2.05) is 0 Å². The van der Waals surface area contributed by atoms with Gasteiger partial charge in [-0.3, -0.25) is 19.6 Å². The number of alkyl halides is 6. The third-order valence-electron chi connectivity index (χ3n) is 10.8. The van der Waals surface area contributed by atoms with Crippen molar-refractivity contribution in [2.45, 2.75) is 18.9 Å². The normalized spacial score (nSPS) is 11.2. The van der Waals surface area contributed by atoms with Crippen LogP contribution < -0.4 is 16.4 Å². The van der Waals surface area contributed by atoms with Crippen LogP contribution in [0, 0.1) is 18.2 Å². The fraction of sp³-hybridized carbons (Fsp3) is 0.0784. The van der Waals surface area contributed by atoms with Crippen molar-refractivity contribution in [3.05, 3.63) is 197 Å². The Morgan fingerprint density at radius 2 is 1.00 bits per heavy atom. The Morgan fingerprint density at radius 1 is 0.592 bits per heavy atom. The molecule has 17 nitrogen and oxygen atoms in total. The number of hydrogen-bond acceptors (Lipinski definition) is 12. The van der Waals surface area contributed by atoms with Gasteiger partial charge in [-0.1, -0.05) is 36.4 Å². The number of hydrogen-bond donors (Lipinski definition) is 4. The first-order valence-corrected chi connectivity index (χ1v) is 21.9. The van der Waals surface area contributed by atoms with Gasteiger partial charge < -0.3 is 21.5 Å². The van der Waals surface area contributed by atoms with Crippen molar-refractivity contribution < 1.29 is 49.8 Å². The van der Waals surface area contributed by atoms with Crippen LogP contribution in [0.5, 0.6) is 0 Å². The molecule has 76 heavy (non-hydrogen) atoms. The summed E-state index contributed by atoms with van der Waals surface area (Å²) < 4.78 is 115. The first-order valence-electron chi connectivity index (χ1n) is 21.9. The number of aliphatic hydroxyl groups excluding tert-OH is 1. The van der Waals surface area contributed by atoms with Gasteiger partial charge in [-0.2, -0.15) is 36.5 Å². The van der Waals surface area contributed by atoms with Crippen LogP contribution in [0.1, 0.15) is 37.4 Å². The van der Waals surface area contributed by atoms with Crippen molar-refractivity contribution in [1.82, 2.24) is 49.5 Å². The minimum absolute atomic E-state index is 0.0412. The maximum Gasteiger partial charge on any atom is 0.417 e. The summed E-state index contributed by atoms with van der Waals surface area (Å²) in [6.07, 6.45) is -2.06. The van der Waals surface area contributed by atoms with Gasteiger partial charge in [0.1, 0.15) is 33.7 Å². The van der Waals surface area contributed by atoms with Crippen molar-refractivity contribution in [2.24, 2.45) is 5.73 Å². The lowest BCUT2D eigenvalue weighted by Gasteiger charge is -2.15. The molecule has 6 aromatic heterocycles. The number of aliphatic hydroxyl groups is 1. The van der Waals surface area contributed by atoms with Crippen LogP contribution in [0.4, 0.5) is 52.4 Å². The Labute approximate surface area is 423 Å². The van der Waals surface area contributed by atoms with Gasteiger partial charge in [-0.15, -0.1) is 0 Å². The number of nitrogens with two attached hydrogens (primary N) is 1. The molecule has 0 aliphatic heterocycles. The first kappa shape index (κ1) is 52.4. The van der Waals surface area contributed by atoms with E-state index in [-0.39, 0.29) is 64.2 Å². The smallest absolute Gasteiger partial charge is 0.400 e. The van der Waals surface area contributed by atoms with Crippen LogP contribution in [0.2, 0.25) is 0 Å². The van der Waals surface area contributed by atoms with E-state index < -0.39 is 69.2 Å². The average molecular weight is 1040 g/mol. The number of nitrogens with one attached hydrogen (secondary N) is 2. The largest absolute Gasteiger partial charge is 0.417 e. The van der Waals surface area contributed by atoms with Crippen LogP contribution in [-0.2, 0) is 18.9 Å². The second-order valence-corrected chi connectivity index (χ2v) is 15.6. The zero-order valence-corrected chi connectivity index (χ0v) is 38.8. The highest BCUT2D eigenvalue weighted by molar-refractivity contribution is 6.09. The molecule has 4 aromatic carbocycles. The van der Waals surface area contributed by atoms with E-state index in [2.05, 4.69) is 55.6 Å². The summed E-state index contributed by atoms with van der Waals surface area (Å²) >= 11 is 0. The molecule has 0 unspecified atom stereocenters. The lowest BCUT2D eigenvalue weighted by Crippen LogP contribution is -2.19. The van der Waals surface area contributed by atoms with Gasteiger partial charge >= 0.3 is 12.4 Å². The summed E-state index contributed by atoms with van der Waals surface area (Å²) in [5.74, 6) is -5.28. The molecule has 10 aromatic rings. The predicted octanol–water partition coefficient (Wildman–Crippen LogP) is 10.2. The van der Waals surface area contributed by atoms with Crippen LogP contribution in [0.3, 0.4) is 0 Å². The molecule has 25 heteroatoms. The minimum Gasteiger partial charge on any atom is -0.400 e. The van der Waals surface area contributed by atoms with E-state index in [9.17, 15) is 44.7 Å². The van der Waals surface area contributed by atoms with Crippen molar-refractivity contribution in [2.75, 3.05) is 17.7 Å². The highest BCUT2D eigenvalue weighted by atomic mass is 19.4. The molecule has 0 saturated heterocycles. The number of carbonyl (C=O) groups excluding carboxylic acids is 2. The number of anilines is 2. The second kappa shape index (κ2) is 22.0. The number of fused-ring (bicyclic) bond motifs is 2. The lowest BCUT2D eigenvalue weighted by atomic mass is 10.0. The predicted molar refractivity (Wildman–Crippen MR) is 261 cm³/mol. The van der Waals surface area contributed by atoms with Crippen molar-refractivity contribution in [1.29, 1.82) is 0 Å². The molecular weight excluding hydrogens is 1010 g/mol. The molecule has 0 saturated carbocycles. The Hall–Kier alpha value is -9.93. The molecule has 0 spiro atoms. The molecule has 0 atom stereocenters. The zero-order valence-electron chi connectivity index (χ0n) is 38.8. The van der Waals surface area contributed by atoms with E-state index >= 15 is 0 Å². The fourth-order valence-corrected chi connectivity index (χ4v) is 7.44. The number of benzene rings is 4. The summed E-state index contributed by atoms with van der Waals surface area (Å²) in [7, 11) is 1.00. The number of pyridine rings is 2. The van der Waals surface area contributed by atoms with E-state index in [1.165, 1.54) is 64.7 Å². The van der Waals surface area contributed by atoms with Crippen LogP contribution in [0.25, 0.3) is 61.1 Å². The van der Waals surface area contributed by atoms with Gasteiger partial charge in [-0.25, -0.2) is 42.9 Å². The van der Waals surface area contributed by atoms with Gasteiger partial charge in [0, 0.05) is 62.0 Å². The molecular formula is C51H34F8N14O3. The third-order valence-corrected chi connectivity index (χ3v) is 10.8. The highest BCUT2D eigenvalue weighted by Gasteiger charge is 2.38. The third kappa shape index (κ3) is 11.0. The van der Waals surface area contributed by atoms with E-state index in [0.717, 1.165) is 19.2 Å². The van der Waals surface area contributed by atoms with Crippen LogP contribution in [0.15, 0.2) is 146 Å². The number of halogens is 8. The Balaban J connectivity index is 0.000000195. The Bertz CT molecular complexity index is 3780. The first-order chi connectivity index (χ1) is 36.5. The lowest BCUT2D eigenvalue weighted by molar-refractivity contribution is -0.138. The van der Waals surface area contributed by atoms with Gasteiger partial charge in [0.05, 0.1) is 40.2 Å². The van der Waals surface area contributed by atoms with E-state index in [4.69, 9.17) is 17.4 Å². The number of rotatable bonds is 9. The Morgan fingerprint density at radius 3 is 1.39 bits per heavy atom. The highest BCUT2D eigenvalue weighted by Crippen LogP contribution is 2.40. The van der Waals surface area contributed by atoms with Gasteiger partial charge in [0.15, 0.2) is 23.3 Å². The topological polar surface area (TPSA) is 222 Å². The second-order valence-electron chi connectivity index (χ2n) is 15.6. The molecule has 0 radical (unpaired) electrons. The van der Waals surface area contributed by atoms with Crippen molar-refractivity contribution in [3.8, 4) is 34.2 Å². The van der Waals surface area contributed by atoms with Gasteiger partial charge in [0.25, 0.3) is 11.8 Å². The molecule has 2 amide bonds. The van der Waals surface area contributed by atoms with Gasteiger partial charge in [0.2, 0.25) is 5.69 Å². The molecule has 0 fully saturated rings. The summed E-state index contributed by atoms with van der Waals surface area (Å²) in [5.41, 5.74) is 3.85. The SMILES string of the molecule is CO.NCc1cnc2c(NC(=O)c3cc(-c4ncccn4)c(C(F)(F)F)cc3F)n(-c3ccccc3)nc2c1.[C-]#[N+]c1cnc2c(NC(=O)c3cc(-c4ncccn4)c(C(F)(F)F)cc3F)n(-c3ccccc3)nc2c1. The standard InChI is InChI=1S/C25H13F4N7O.C25H17F4N7O.CH4O/c1-30-14-10-20-21(33-13-14)23(36(35-20)15-6-3-2-4-7-15)34-24(37)17-11-16(22-31-8-5-9-32-22)18(12-19(17)26)25(27,28)29;26-19-11-18(25(27,28)29)16(22-31-7-4-8-32-22)10-17(19)24(37)34-23-21-20(9-14(12-30)13-33-21)35-36(23)15-5-2-1-3-6-15;1-2/h2-13H,(H,34,37);1-11,13H,12,30H2,(H,34,37);2H,1H3. The maximum atomic E-state index is 14.9. The summed E-state index contributed by atoms with van der Waals surface area (Å²) in [4.78, 5) is 53.7. The minimum atomic E-state index is -4.92. The molecule has 6 heterocycles. The number of carbonyl (C=O) groups is 2. The quantitative estimate of drug-likeness (QED) is 0.0783. The van der Waals surface area contributed by atoms with Crippen LogP contribution in [-0.4, -0.2) is 73.5 Å². The molecule has 382 valence electrons. The number of aromatic nitrogens is 10. The number of nitrogens with zero attached hydrogens (tertiary/aromatic N) is 11. The molecule has 5 N–H and O–H groups in total. The maximum absolute atomic E-state index is 14.9. The van der Waals surface area contributed by atoms with Crippen LogP contribution >= 0.6 is 0 Å². The fourth-order valence-electron chi connectivity index (χ4n) is 7.44. The average Bonchev–Trinajstić information content (AvgIpc) is 3.99. The molecule has 0 aliphatic rings. The number of amides is 2. The monoisotopic (exact) mass is 1040 g/mol. The Kier molecular flexibility index (Phi) is 15.2. The zero-order chi connectivity index (χ0) is 54.3. The molecule has 0 bridgehead atoms. The summed E-state index contributed by atoms with van der Waals surface area (Å²) in [6, 6.07) is 25.4.